The minimum atomic E-state index is -3.90. The average Bonchev–Trinajstić information content (AvgIpc) is 2.62. The Morgan fingerprint density at radius 1 is 0.846 bits per heavy atom. The second kappa shape index (κ2) is 6.89. The van der Waals surface area contributed by atoms with Crippen LogP contribution in [0.5, 0.6) is 5.75 Å². The van der Waals surface area contributed by atoms with Gasteiger partial charge in [0, 0.05) is 6.07 Å². The van der Waals surface area contributed by atoms with Crippen LogP contribution in [0, 0.1) is 0 Å². The van der Waals surface area contributed by atoms with Gasteiger partial charge in [-0.2, -0.15) is 0 Å². The molecule has 0 unspecified atom stereocenters. The lowest BCUT2D eigenvalue weighted by atomic mass is 10.1. The zero-order chi connectivity index (χ0) is 18.7. The Labute approximate surface area is 150 Å². The molecule has 0 saturated carbocycles. The topological polar surface area (TPSA) is 104 Å². The number of sulfonamides is 1. The van der Waals surface area contributed by atoms with Gasteiger partial charge in [0.2, 0.25) is 0 Å². The average molecular weight is 369 g/mol. The maximum Gasteiger partial charge on any atom is 0.339 e. The summed E-state index contributed by atoms with van der Waals surface area (Å²) in [6, 6.07) is 19.3. The molecule has 26 heavy (non-hydrogen) atoms. The summed E-state index contributed by atoms with van der Waals surface area (Å²) in [5.41, 5.74) is 1.39. The van der Waals surface area contributed by atoms with Crippen molar-refractivity contribution < 1.29 is 23.4 Å². The van der Waals surface area contributed by atoms with Crippen molar-refractivity contribution in [1.82, 2.24) is 0 Å². The highest BCUT2D eigenvalue weighted by Crippen LogP contribution is 2.26. The molecule has 0 amide bonds. The Bertz CT molecular complexity index is 1060. The first kappa shape index (κ1) is 17.5. The number of phenols is 1. The van der Waals surface area contributed by atoms with E-state index in [1.807, 2.05) is 36.4 Å². The Kier molecular flexibility index (Phi) is 4.64. The zero-order valence-corrected chi connectivity index (χ0v) is 14.3. The number of rotatable bonds is 5. The van der Waals surface area contributed by atoms with E-state index in [1.165, 1.54) is 12.1 Å². The number of carboxylic acid groups (broad SMARTS) is 1. The van der Waals surface area contributed by atoms with Crippen LogP contribution in [0.4, 0.5) is 5.69 Å². The molecule has 7 heteroatoms. The predicted molar refractivity (Wildman–Crippen MR) is 97.8 cm³/mol. The molecule has 0 aromatic heterocycles. The van der Waals surface area contributed by atoms with Crippen LogP contribution in [0.25, 0.3) is 11.1 Å². The molecule has 0 heterocycles. The Morgan fingerprint density at radius 3 is 2.19 bits per heavy atom. The summed E-state index contributed by atoms with van der Waals surface area (Å²) < 4.78 is 27.6. The van der Waals surface area contributed by atoms with Gasteiger partial charge >= 0.3 is 5.97 Å². The fourth-order valence-electron chi connectivity index (χ4n) is 2.46. The van der Waals surface area contributed by atoms with Crippen molar-refractivity contribution in [1.29, 1.82) is 0 Å². The number of benzene rings is 3. The number of hydrogen-bond donors (Lipinski definition) is 3. The van der Waals surface area contributed by atoms with Gasteiger partial charge in [-0.25, -0.2) is 13.2 Å². The lowest BCUT2D eigenvalue weighted by Crippen LogP contribution is -2.13. The van der Waals surface area contributed by atoms with Crippen molar-refractivity contribution in [3.05, 3.63) is 78.4 Å². The lowest BCUT2D eigenvalue weighted by Gasteiger charge is -2.10. The summed E-state index contributed by atoms with van der Waals surface area (Å²) >= 11 is 0. The highest BCUT2D eigenvalue weighted by molar-refractivity contribution is 7.92. The summed E-state index contributed by atoms with van der Waals surface area (Å²) in [5.74, 6) is -1.82. The van der Waals surface area contributed by atoms with Crippen LogP contribution in [-0.4, -0.2) is 24.6 Å². The number of aromatic carboxylic acids is 1. The third-order valence-corrected chi connectivity index (χ3v) is 5.11. The van der Waals surface area contributed by atoms with Gasteiger partial charge in [-0.1, -0.05) is 42.5 Å². The molecule has 0 atom stereocenters. The molecule has 132 valence electrons. The smallest absolute Gasteiger partial charge is 0.339 e. The standard InChI is InChI=1S/C19H15NO5S/c21-18-12-15(9-10-17(18)19(22)23)20-26(24,25)16-8-4-7-14(11-16)13-5-2-1-3-6-13/h1-12,20-21H,(H,22,23). The number of nitrogens with one attached hydrogen (secondary N) is 1. The van der Waals surface area contributed by atoms with E-state index in [0.29, 0.717) is 0 Å². The summed E-state index contributed by atoms with van der Waals surface area (Å²) in [6.45, 7) is 0. The van der Waals surface area contributed by atoms with E-state index in [2.05, 4.69) is 4.72 Å². The van der Waals surface area contributed by atoms with Crippen LogP contribution in [-0.2, 0) is 10.0 Å². The molecule has 0 spiro atoms. The van der Waals surface area contributed by atoms with Gasteiger partial charge in [0.05, 0.1) is 10.6 Å². The highest BCUT2D eigenvalue weighted by atomic mass is 32.2. The number of hydrogen-bond acceptors (Lipinski definition) is 4. The van der Waals surface area contributed by atoms with Crippen molar-refractivity contribution in [2.75, 3.05) is 4.72 Å². The van der Waals surface area contributed by atoms with Gasteiger partial charge < -0.3 is 10.2 Å². The molecule has 0 fully saturated rings. The molecule has 3 aromatic rings. The maximum absolute atomic E-state index is 12.6. The van der Waals surface area contributed by atoms with Crippen molar-refractivity contribution in [3.8, 4) is 16.9 Å². The molecule has 0 saturated heterocycles. The molecule has 3 N–H and O–H groups in total. The zero-order valence-electron chi connectivity index (χ0n) is 13.5. The first-order valence-electron chi connectivity index (χ1n) is 7.61. The lowest BCUT2D eigenvalue weighted by molar-refractivity contribution is 0.0694. The summed E-state index contributed by atoms with van der Waals surface area (Å²) in [5, 5.41) is 18.6. The van der Waals surface area contributed by atoms with Crippen molar-refractivity contribution in [3.63, 3.8) is 0 Å². The normalized spacial score (nSPS) is 11.1. The second-order valence-corrected chi connectivity index (χ2v) is 7.22. The first-order chi connectivity index (χ1) is 12.4. The Morgan fingerprint density at radius 2 is 1.54 bits per heavy atom. The van der Waals surface area contributed by atoms with Crippen molar-refractivity contribution >= 4 is 21.7 Å². The third kappa shape index (κ3) is 3.68. The summed E-state index contributed by atoms with van der Waals surface area (Å²) in [4.78, 5) is 11.0. The summed E-state index contributed by atoms with van der Waals surface area (Å²) in [7, 11) is -3.90. The fourth-order valence-corrected chi connectivity index (χ4v) is 3.56. The molecule has 6 nitrogen and oxygen atoms in total. The Hall–Kier alpha value is -3.32. The molecule has 0 radical (unpaired) electrons. The van der Waals surface area contributed by atoms with Gasteiger partial charge in [-0.05, 0) is 35.4 Å². The number of carbonyl (C=O) groups is 1. The minimum absolute atomic E-state index is 0.0562. The van der Waals surface area contributed by atoms with Crippen LogP contribution in [0.1, 0.15) is 10.4 Å². The van der Waals surface area contributed by atoms with E-state index in [9.17, 15) is 18.3 Å². The van der Waals surface area contributed by atoms with E-state index in [-0.39, 0.29) is 16.1 Å². The monoisotopic (exact) mass is 369 g/mol. The number of aromatic hydroxyl groups is 1. The molecule has 0 aliphatic carbocycles. The largest absolute Gasteiger partial charge is 0.507 e. The van der Waals surface area contributed by atoms with E-state index in [4.69, 9.17) is 5.11 Å². The molecule has 0 aliphatic rings. The summed E-state index contributed by atoms with van der Waals surface area (Å²) in [6.07, 6.45) is 0. The molecule has 0 aliphatic heterocycles. The van der Waals surface area contributed by atoms with Crippen molar-refractivity contribution in [2.24, 2.45) is 0 Å². The number of anilines is 1. The van der Waals surface area contributed by atoms with Gasteiger partial charge in [0.25, 0.3) is 10.0 Å². The molecular weight excluding hydrogens is 354 g/mol. The number of carboxylic acids is 1. The SMILES string of the molecule is O=C(O)c1ccc(NS(=O)(=O)c2cccc(-c3ccccc3)c2)cc1O. The van der Waals surface area contributed by atoms with E-state index < -0.39 is 21.7 Å². The van der Waals surface area contributed by atoms with Crippen LogP contribution in [0.2, 0.25) is 0 Å². The quantitative estimate of drug-likeness (QED) is 0.638. The van der Waals surface area contributed by atoms with Crippen LogP contribution in [0.15, 0.2) is 77.7 Å². The highest BCUT2D eigenvalue weighted by Gasteiger charge is 2.17. The predicted octanol–water partition coefficient (Wildman–Crippen LogP) is 3.56. The maximum atomic E-state index is 12.6. The molecule has 3 rings (SSSR count). The minimum Gasteiger partial charge on any atom is -0.507 e. The first-order valence-corrected chi connectivity index (χ1v) is 9.10. The van der Waals surface area contributed by atoms with Crippen molar-refractivity contribution in [2.45, 2.75) is 4.90 Å². The van der Waals surface area contributed by atoms with Gasteiger partial charge in [-0.3, -0.25) is 4.72 Å². The van der Waals surface area contributed by atoms with Gasteiger partial charge in [-0.15, -0.1) is 0 Å². The third-order valence-electron chi connectivity index (χ3n) is 3.73. The Balaban J connectivity index is 1.92. The molecule has 3 aromatic carbocycles. The van der Waals surface area contributed by atoms with Crippen LogP contribution in [0.3, 0.4) is 0 Å². The molecule has 0 bridgehead atoms. The van der Waals surface area contributed by atoms with Gasteiger partial charge in [0.15, 0.2) is 0 Å². The molecular formula is C19H15NO5S. The van der Waals surface area contributed by atoms with Crippen LogP contribution < -0.4 is 4.72 Å². The van der Waals surface area contributed by atoms with E-state index in [1.54, 1.807) is 12.1 Å². The van der Waals surface area contributed by atoms with E-state index >= 15 is 0 Å². The van der Waals surface area contributed by atoms with E-state index in [0.717, 1.165) is 23.3 Å². The fraction of sp³-hybridized carbons (Fsp3) is 0. The second-order valence-electron chi connectivity index (χ2n) is 5.54. The van der Waals surface area contributed by atoms with Gasteiger partial charge in [0.1, 0.15) is 11.3 Å². The van der Waals surface area contributed by atoms with Crippen LogP contribution >= 0.6 is 0 Å².